The Balaban J connectivity index is -0.00000000167. The van der Waals surface area contributed by atoms with Gasteiger partial charge in [-0.2, -0.15) is 34.6 Å². The molecule has 0 aromatic carbocycles. The van der Waals surface area contributed by atoms with Gasteiger partial charge >= 0.3 is 0 Å². The SMILES string of the molecule is N=O.P.P.P. The second kappa shape index (κ2) is 93.4. The summed E-state index contributed by atoms with van der Waals surface area (Å²) in [7, 11) is 0. The van der Waals surface area contributed by atoms with E-state index in [9.17, 15) is 0 Å². The number of nitrogens with one attached hydrogen (secondary N) is 1. The predicted molar refractivity (Wildman–Crippen MR) is 39.4 cm³/mol. The summed E-state index contributed by atoms with van der Waals surface area (Å²) >= 11 is 0. The molecule has 5 heteroatoms. The number of nitroso groups, excluding NO2 is 1. The molecule has 0 radical (unpaired) electrons. The number of rotatable bonds is 0. The zero-order chi connectivity index (χ0) is 2.00. The Morgan fingerprint density at radius 3 is 0.800 bits per heavy atom. The molecule has 0 aromatic heterocycles. The molecule has 3 unspecified atom stereocenters. The standard InChI is InChI=1S/HNO.3H3P/c1-2;;;/h1H;3*1H3. The fourth-order valence-electron chi connectivity index (χ4n) is 0. The zero-order valence-corrected chi connectivity index (χ0v) is 7.27. The molecule has 5 heavy (non-hydrogen) atoms. The van der Waals surface area contributed by atoms with Crippen molar-refractivity contribution in [1.29, 1.82) is 5.59 Å². The van der Waals surface area contributed by atoms with Crippen LogP contribution in [0.1, 0.15) is 0 Å². The Hall–Kier alpha value is 0.890. The first-order chi connectivity index (χ1) is 1.00. The fourth-order valence-corrected chi connectivity index (χ4v) is 0. The van der Waals surface area contributed by atoms with Crippen LogP contribution < -0.4 is 0 Å². The Morgan fingerprint density at radius 2 is 0.800 bits per heavy atom. The molecule has 0 fully saturated rings. The molecule has 3 atom stereocenters. The van der Waals surface area contributed by atoms with E-state index in [0.717, 1.165) is 0 Å². The molecule has 0 amide bonds. The third-order valence-electron chi connectivity index (χ3n) is 0. The molecular weight excluding hydrogens is 123 g/mol. The second-order valence-electron chi connectivity index (χ2n) is 0. The van der Waals surface area contributed by atoms with Crippen molar-refractivity contribution in [2.75, 3.05) is 0 Å². The lowest BCUT2D eigenvalue weighted by molar-refractivity contribution is 1.49. The summed E-state index contributed by atoms with van der Waals surface area (Å²) in [5, 5.41) is 0. The Morgan fingerprint density at radius 1 is 0.800 bits per heavy atom. The lowest BCUT2D eigenvalue weighted by atomic mass is 13.8. The molecule has 36 valence electrons. The van der Waals surface area contributed by atoms with Crippen molar-refractivity contribution in [3.8, 4) is 0 Å². The predicted octanol–water partition coefficient (Wildman–Crippen LogP) is 0.506. The van der Waals surface area contributed by atoms with E-state index < -0.39 is 0 Å². The highest BCUT2D eigenvalue weighted by Crippen LogP contribution is 0.863. The summed E-state index contributed by atoms with van der Waals surface area (Å²) < 4.78 is 0. The van der Waals surface area contributed by atoms with Crippen LogP contribution >= 0.6 is 29.7 Å². The van der Waals surface area contributed by atoms with Gasteiger partial charge in [0.1, 0.15) is 0 Å². The van der Waals surface area contributed by atoms with E-state index in [1.165, 1.54) is 0 Å². The highest BCUT2D eigenvalue weighted by molar-refractivity contribution is 6.92. The maximum absolute atomic E-state index is 7.50. The van der Waals surface area contributed by atoms with Crippen molar-refractivity contribution < 1.29 is 0 Å². The van der Waals surface area contributed by atoms with E-state index in [2.05, 4.69) is 5.59 Å². The van der Waals surface area contributed by atoms with Gasteiger partial charge in [-0.1, -0.05) is 5.59 Å². The summed E-state index contributed by atoms with van der Waals surface area (Å²) in [6.07, 6.45) is 0. The fraction of sp³-hybridized carbons (Fsp3) is 0. The Bertz CT molecular complexity index is 6.85. The maximum Gasteiger partial charge on any atom is -0.0850 e. The van der Waals surface area contributed by atoms with Crippen molar-refractivity contribution in [1.82, 2.24) is 0 Å². The summed E-state index contributed by atoms with van der Waals surface area (Å²) in [6, 6.07) is 0. The van der Waals surface area contributed by atoms with E-state index in [1.54, 1.807) is 0 Å². The molecule has 1 N–H and O–H groups in total. The Kier molecular flexibility index (Phi) is 737. The minimum absolute atomic E-state index is 0. The van der Waals surface area contributed by atoms with E-state index in [0.29, 0.717) is 0 Å². The number of hydrogen-bond donors (Lipinski definition) is 1. The molecular formula is H10NOP3. The third kappa shape index (κ3) is 51.6. The van der Waals surface area contributed by atoms with E-state index in [-0.39, 0.29) is 29.7 Å². The van der Waals surface area contributed by atoms with Gasteiger partial charge in [-0.3, -0.25) is 0 Å². The summed E-state index contributed by atoms with van der Waals surface area (Å²) in [5.74, 6) is 0. The molecule has 0 aliphatic carbocycles. The van der Waals surface area contributed by atoms with Gasteiger partial charge < -0.3 is 0 Å². The molecule has 0 heterocycles. The zero-order valence-electron chi connectivity index (χ0n) is 3.03. The van der Waals surface area contributed by atoms with E-state index in [1.807, 2.05) is 0 Å². The van der Waals surface area contributed by atoms with Gasteiger partial charge in [-0.15, -0.1) is 0 Å². The monoisotopic (exact) mass is 133 g/mol. The van der Waals surface area contributed by atoms with E-state index in [4.69, 9.17) is 4.91 Å². The van der Waals surface area contributed by atoms with Crippen molar-refractivity contribution in [2.45, 2.75) is 0 Å². The number of hydrogen-bond acceptors (Lipinski definition) is 2. The van der Waals surface area contributed by atoms with Crippen LogP contribution in [0, 0.1) is 10.5 Å². The molecule has 0 bridgehead atoms. The van der Waals surface area contributed by atoms with Crippen LogP contribution in [0.3, 0.4) is 0 Å². The summed E-state index contributed by atoms with van der Waals surface area (Å²) in [5.41, 5.74) is 4.50. The van der Waals surface area contributed by atoms with Crippen LogP contribution in [0.4, 0.5) is 0 Å². The lowest BCUT2D eigenvalue weighted by Crippen LogP contribution is -0.649. The molecule has 2 nitrogen and oxygen atoms in total. The highest BCUT2D eigenvalue weighted by atomic mass is 31.0. The molecule has 0 saturated heterocycles. The van der Waals surface area contributed by atoms with Gasteiger partial charge in [0, 0.05) is 0 Å². The highest BCUT2D eigenvalue weighted by Gasteiger charge is 0.588. The van der Waals surface area contributed by atoms with Crippen molar-refractivity contribution in [3.05, 3.63) is 4.91 Å². The quantitative estimate of drug-likeness (QED) is 0.379. The van der Waals surface area contributed by atoms with Gasteiger partial charge in [0.25, 0.3) is 0 Å². The average Bonchev–Trinajstić information content (AvgIpc) is 1.00. The smallest absolute Gasteiger partial charge is 0.0850 e. The maximum atomic E-state index is 7.50. The molecule has 0 aromatic rings. The molecule has 0 aliphatic rings. The van der Waals surface area contributed by atoms with Crippen LogP contribution in [-0.4, -0.2) is 0 Å². The van der Waals surface area contributed by atoms with Gasteiger partial charge in [0.05, 0.1) is 0 Å². The minimum atomic E-state index is 0. The third-order valence-corrected chi connectivity index (χ3v) is 0. The van der Waals surface area contributed by atoms with Crippen LogP contribution in [0.5, 0.6) is 0 Å². The van der Waals surface area contributed by atoms with Crippen molar-refractivity contribution in [2.24, 2.45) is 0 Å². The van der Waals surface area contributed by atoms with Gasteiger partial charge in [-0.25, -0.2) is 0 Å². The lowest BCUT2D eigenvalue weighted by Gasteiger charge is -0.827. The largest absolute Gasteiger partial charge is 0.154 e. The topological polar surface area (TPSA) is 40.9 Å². The second-order valence-corrected chi connectivity index (χ2v) is 0. The first kappa shape index (κ1) is 39.4. The summed E-state index contributed by atoms with van der Waals surface area (Å²) in [4.78, 5) is 7.50. The van der Waals surface area contributed by atoms with Crippen LogP contribution in [-0.2, 0) is 0 Å². The summed E-state index contributed by atoms with van der Waals surface area (Å²) in [6.45, 7) is 0. The van der Waals surface area contributed by atoms with Gasteiger partial charge in [-0.05, 0) is 0 Å². The minimum Gasteiger partial charge on any atom is -0.154 e. The van der Waals surface area contributed by atoms with Crippen LogP contribution in [0.15, 0.2) is 0 Å². The van der Waals surface area contributed by atoms with Crippen molar-refractivity contribution in [3.63, 3.8) is 0 Å². The molecule has 0 spiro atoms. The molecule has 0 aliphatic heterocycles. The van der Waals surface area contributed by atoms with Gasteiger partial charge in [0.2, 0.25) is 0 Å². The normalized spacial score (nSPS) is 0.800. The van der Waals surface area contributed by atoms with Crippen LogP contribution in [0.2, 0.25) is 0 Å². The first-order valence-corrected chi connectivity index (χ1v) is 0.204. The van der Waals surface area contributed by atoms with Gasteiger partial charge in [0.15, 0.2) is 0 Å². The first-order valence-electron chi connectivity index (χ1n) is 0.204. The average molecular weight is 133 g/mol. The van der Waals surface area contributed by atoms with Crippen molar-refractivity contribution >= 4 is 29.7 Å². The van der Waals surface area contributed by atoms with Crippen LogP contribution in [0.25, 0.3) is 0 Å². The van der Waals surface area contributed by atoms with E-state index >= 15 is 0 Å². The molecule has 0 saturated carbocycles. The molecule has 0 rings (SSSR count). The Labute approximate surface area is 41.1 Å².